The maximum Gasteiger partial charge on any atom is 0.270 e. The van der Waals surface area contributed by atoms with Gasteiger partial charge in [-0.15, -0.1) is 0 Å². The van der Waals surface area contributed by atoms with Gasteiger partial charge in [-0.1, -0.05) is 6.92 Å². The van der Waals surface area contributed by atoms with Crippen molar-refractivity contribution in [3.05, 3.63) is 48.5 Å². The van der Waals surface area contributed by atoms with Crippen LogP contribution in [0.1, 0.15) is 37.2 Å². The number of rotatable bonds is 5. The molecule has 5 heteroatoms. The highest BCUT2D eigenvalue weighted by atomic mass is 16.1. The Labute approximate surface area is 143 Å². The van der Waals surface area contributed by atoms with Crippen LogP contribution in [0.15, 0.2) is 42.9 Å². The van der Waals surface area contributed by atoms with E-state index in [1.54, 1.807) is 6.20 Å². The minimum atomic E-state index is -0.110. The van der Waals surface area contributed by atoms with Crippen LogP contribution < -0.4 is 5.32 Å². The van der Waals surface area contributed by atoms with E-state index >= 15 is 0 Å². The molecule has 5 nitrogen and oxygen atoms in total. The van der Waals surface area contributed by atoms with E-state index in [2.05, 4.69) is 29.0 Å². The van der Waals surface area contributed by atoms with E-state index in [-0.39, 0.29) is 5.91 Å². The normalized spacial score (nSPS) is 19.8. The second kappa shape index (κ2) is 7.62. The van der Waals surface area contributed by atoms with Crippen molar-refractivity contribution in [3.8, 4) is 5.69 Å². The van der Waals surface area contributed by atoms with Crippen molar-refractivity contribution in [2.24, 2.45) is 5.92 Å². The fourth-order valence-electron chi connectivity index (χ4n) is 3.30. The fourth-order valence-corrected chi connectivity index (χ4v) is 3.30. The van der Waals surface area contributed by atoms with Crippen LogP contribution in [0.25, 0.3) is 5.69 Å². The first-order valence-corrected chi connectivity index (χ1v) is 8.75. The monoisotopic (exact) mass is 326 g/mol. The van der Waals surface area contributed by atoms with Crippen molar-refractivity contribution in [3.63, 3.8) is 0 Å². The van der Waals surface area contributed by atoms with Crippen molar-refractivity contribution < 1.29 is 4.79 Å². The first-order chi connectivity index (χ1) is 11.6. The van der Waals surface area contributed by atoms with Crippen LogP contribution in [0.4, 0.5) is 0 Å². The highest BCUT2D eigenvalue weighted by Crippen LogP contribution is 2.17. The number of likely N-dealkylation sites (tertiary alicyclic amines) is 1. The number of aromatic nitrogens is 2. The lowest BCUT2D eigenvalue weighted by atomic mass is 9.99. The average Bonchev–Trinajstić information content (AvgIpc) is 3.14. The number of hydrogen-bond donors (Lipinski definition) is 1. The Balaban J connectivity index is 1.58. The lowest BCUT2D eigenvalue weighted by Gasteiger charge is -2.35. The zero-order valence-electron chi connectivity index (χ0n) is 14.5. The SMILES string of the molecule is CC1CCCN(C(C)CNC(=O)c2cc(-n3cccc3)ccn2)C1. The molecule has 1 aliphatic heterocycles. The van der Waals surface area contributed by atoms with Crippen LogP contribution in [0.3, 0.4) is 0 Å². The summed E-state index contributed by atoms with van der Waals surface area (Å²) in [6.07, 6.45) is 8.15. The van der Waals surface area contributed by atoms with Crippen molar-refractivity contribution in [2.75, 3.05) is 19.6 Å². The number of piperidine rings is 1. The van der Waals surface area contributed by atoms with E-state index < -0.39 is 0 Å². The third-order valence-corrected chi connectivity index (χ3v) is 4.75. The van der Waals surface area contributed by atoms with Crippen LogP contribution in [-0.2, 0) is 0 Å². The van der Waals surface area contributed by atoms with Gasteiger partial charge in [-0.2, -0.15) is 0 Å². The molecule has 0 aliphatic carbocycles. The Morgan fingerprint density at radius 1 is 1.42 bits per heavy atom. The highest BCUT2D eigenvalue weighted by Gasteiger charge is 2.21. The number of nitrogens with one attached hydrogen (secondary N) is 1. The van der Waals surface area contributed by atoms with Gasteiger partial charge in [0, 0.05) is 43.4 Å². The molecule has 3 heterocycles. The lowest BCUT2D eigenvalue weighted by molar-refractivity contribution is 0.0912. The molecule has 0 aromatic carbocycles. The quantitative estimate of drug-likeness (QED) is 0.919. The van der Waals surface area contributed by atoms with Gasteiger partial charge in [-0.25, -0.2) is 0 Å². The number of amides is 1. The first-order valence-electron chi connectivity index (χ1n) is 8.75. The van der Waals surface area contributed by atoms with Gasteiger partial charge in [0.05, 0.1) is 0 Å². The second-order valence-electron chi connectivity index (χ2n) is 6.79. The third kappa shape index (κ3) is 4.03. The van der Waals surface area contributed by atoms with E-state index in [1.165, 1.54) is 12.8 Å². The maximum absolute atomic E-state index is 12.4. The number of pyridine rings is 1. The largest absolute Gasteiger partial charge is 0.349 e. The van der Waals surface area contributed by atoms with E-state index in [4.69, 9.17) is 0 Å². The smallest absolute Gasteiger partial charge is 0.270 e. The Bertz CT molecular complexity index is 668. The van der Waals surface area contributed by atoms with E-state index in [1.807, 2.05) is 41.2 Å². The Morgan fingerprint density at radius 2 is 2.21 bits per heavy atom. The summed E-state index contributed by atoms with van der Waals surface area (Å²) in [5.41, 5.74) is 1.40. The fraction of sp³-hybridized carbons (Fsp3) is 0.474. The van der Waals surface area contributed by atoms with Crippen LogP contribution in [0.2, 0.25) is 0 Å². The molecule has 1 saturated heterocycles. The topological polar surface area (TPSA) is 50.2 Å². The first kappa shape index (κ1) is 16.7. The Morgan fingerprint density at radius 3 is 2.96 bits per heavy atom. The third-order valence-electron chi connectivity index (χ3n) is 4.75. The van der Waals surface area contributed by atoms with Crippen LogP contribution in [0, 0.1) is 5.92 Å². The summed E-state index contributed by atoms with van der Waals surface area (Å²) in [7, 11) is 0. The molecule has 2 atom stereocenters. The molecule has 1 aliphatic rings. The van der Waals surface area contributed by atoms with E-state index in [0.29, 0.717) is 18.3 Å². The van der Waals surface area contributed by atoms with Crippen molar-refractivity contribution >= 4 is 5.91 Å². The molecular weight excluding hydrogens is 300 g/mol. The van der Waals surface area contributed by atoms with Crippen LogP contribution in [-0.4, -0.2) is 46.0 Å². The number of nitrogens with zero attached hydrogens (tertiary/aromatic N) is 3. The van der Waals surface area contributed by atoms with Gasteiger partial charge in [0.2, 0.25) is 0 Å². The molecule has 1 amide bonds. The molecule has 2 unspecified atom stereocenters. The number of carbonyl (C=O) groups is 1. The van der Waals surface area contributed by atoms with Gasteiger partial charge in [-0.3, -0.25) is 14.7 Å². The molecule has 0 saturated carbocycles. The number of hydrogen-bond acceptors (Lipinski definition) is 3. The summed E-state index contributed by atoms with van der Waals surface area (Å²) in [5, 5.41) is 3.03. The zero-order valence-corrected chi connectivity index (χ0v) is 14.5. The molecule has 3 rings (SSSR count). The summed E-state index contributed by atoms with van der Waals surface area (Å²) >= 11 is 0. The zero-order chi connectivity index (χ0) is 16.9. The molecule has 128 valence electrons. The lowest BCUT2D eigenvalue weighted by Crippen LogP contribution is -2.46. The van der Waals surface area contributed by atoms with Gasteiger partial charge in [0.1, 0.15) is 5.69 Å². The predicted molar refractivity (Wildman–Crippen MR) is 95.3 cm³/mol. The summed E-state index contributed by atoms with van der Waals surface area (Å²) in [5.74, 6) is 0.637. The standard InChI is InChI=1S/C19H26N4O/c1-15-6-5-11-23(14-15)16(2)13-21-19(24)18-12-17(7-8-20-18)22-9-3-4-10-22/h3-4,7-10,12,15-16H,5-6,11,13-14H2,1-2H3,(H,21,24). The second-order valence-corrected chi connectivity index (χ2v) is 6.79. The summed E-state index contributed by atoms with van der Waals surface area (Å²) in [6.45, 7) is 7.39. The molecule has 0 radical (unpaired) electrons. The number of carbonyl (C=O) groups excluding carboxylic acids is 1. The van der Waals surface area contributed by atoms with E-state index in [9.17, 15) is 4.79 Å². The summed E-state index contributed by atoms with van der Waals surface area (Å²) in [6, 6.07) is 7.99. The van der Waals surface area contributed by atoms with Crippen molar-refractivity contribution in [1.29, 1.82) is 0 Å². The van der Waals surface area contributed by atoms with Crippen LogP contribution in [0.5, 0.6) is 0 Å². The Hall–Kier alpha value is -2.14. The van der Waals surface area contributed by atoms with Gasteiger partial charge in [0.15, 0.2) is 0 Å². The Kier molecular flexibility index (Phi) is 5.30. The average molecular weight is 326 g/mol. The summed E-state index contributed by atoms with van der Waals surface area (Å²) < 4.78 is 1.97. The molecule has 2 aromatic heterocycles. The van der Waals surface area contributed by atoms with Gasteiger partial charge >= 0.3 is 0 Å². The van der Waals surface area contributed by atoms with Crippen molar-refractivity contribution in [2.45, 2.75) is 32.7 Å². The molecular formula is C19H26N4O. The van der Waals surface area contributed by atoms with Gasteiger partial charge in [-0.05, 0) is 56.5 Å². The molecule has 1 N–H and O–H groups in total. The predicted octanol–water partition coefficient (Wildman–Crippen LogP) is 2.72. The minimum Gasteiger partial charge on any atom is -0.349 e. The van der Waals surface area contributed by atoms with Crippen LogP contribution >= 0.6 is 0 Å². The van der Waals surface area contributed by atoms with E-state index in [0.717, 1.165) is 24.7 Å². The minimum absolute atomic E-state index is 0.110. The molecule has 0 bridgehead atoms. The summed E-state index contributed by atoms with van der Waals surface area (Å²) in [4.78, 5) is 19.1. The molecule has 24 heavy (non-hydrogen) atoms. The van der Waals surface area contributed by atoms with Gasteiger partial charge in [0.25, 0.3) is 5.91 Å². The maximum atomic E-state index is 12.4. The molecule has 1 fully saturated rings. The van der Waals surface area contributed by atoms with Gasteiger partial charge < -0.3 is 9.88 Å². The van der Waals surface area contributed by atoms with Crippen molar-refractivity contribution in [1.82, 2.24) is 19.8 Å². The highest BCUT2D eigenvalue weighted by molar-refractivity contribution is 5.92. The molecule has 0 spiro atoms. The molecule has 2 aromatic rings.